The van der Waals surface area contributed by atoms with Crippen LogP contribution in [0.1, 0.15) is 40.5 Å². The van der Waals surface area contributed by atoms with Gasteiger partial charge in [0, 0.05) is 24.5 Å². The van der Waals surface area contributed by atoms with Gasteiger partial charge < -0.3 is 4.74 Å². The third kappa shape index (κ3) is 3.05. The number of ether oxygens (including phenoxy) is 1. The van der Waals surface area contributed by atoms with Crippen LogP contribution in [-0.2, 0) is 0 Å². The molecule has 1 aromatic rings. The zero-order valence-corrected chi connectivity index (χ0v) is 12.0. The van der Waals surface area contributed by atoms with Crippen molar-refractivity contribution in [3.05, 3.63) is 30.3 Å². The highest BCUT2D eigenvalue weighted by molar-refractivity contribution is 5.21. The summed E-state index contributed by atoms with van der Waals surface area (Å²) in [6.07, 6.45) is 2.67. The lowest BCUT2D eigenvalue weighted by molar-refractivity contribution is 0.107. The third-order valence-electron chi connectivity index (χ3n) is 3.75. The molecule has 2 nitrogen and oxygen atoms in total. The summed E-state index contributed by atoms with van der Waals surface area (Å²) in [4.78, 5) is 2.58. The van der Waals surface area contributed by atoms with Crippen LogP contribution in [0, 0.1) is 0 Å². The fraction of sp³-hybridized carbons (Fsp3) is 0.625. The molecular weight excluding hydrogens is 222 g/mol. The molecule has 0 bridgehead atoms. The van der Waals surface area contributed by atoms with E-state index in [9.17, 15) is 0 Å². The molecule has 0 saturated carbocycles. The average Bonchev–Trinajstić information content (AvgIpc) is 2.73. The van der Waals surface area contributed by atoms with E-state index in [0.29, 0.717) is 12.1 Å². The van der Waals surface area contributed by atoms with Gasteiger partial charge in [0.1, 0.15) is 11.9 Å². The van der Waals surface area contributed by atoms with E-state index in [-0.39, 0.29) is 5.54 Å². The Kier molecular flexibility index (Phi) is 3.96. The van der Waals surface area contributed by atoms with Gasteiger partial charge in [0.2, 0.25) is 0 Å². The Morgan fingerprint density at radius 2 is 1.89 bits per heavy atom. The molecule has 1 aliphatic heterocycles. The van der Waals surface area contributed by atoms with Crippen LogP contribution in [-0.4, -0.2) is 29.1 Å². The summed E-state index contributed by atoms with van der Waals surface area (Å²) in [5.41, 5.74) is 0.232. The van der Waals surface area contributed by atoms with Crippen molar-refractivity contribution in [2.24, 2.45) is 0 Å². The van der Waals surface area contributed by atoms with E-state index in [1.165, 1.54) is 6.42 Å². The van der Waals surface area contributed by atoms with Gasteiger partial charge in [-0.1, -0.05) is 25.1 Å². The van der Waals surface area contributed by atoms with E-state index in [4.69, 9.17) is 4.74 Å². The Labute approximate surface area is 111 Å². The van der Waals surface area contributed by atoms with Crippen molar-refractivity contribution >= 4 is 0 Å². The number of benzene rings is 1. The summed E-state index contributed by atoms with van der Waals surface area (Å²) in [5, 5.41) is 0. The Morgan fingerprint density at radius 1 is 1.22 bits per heavy atom. The molecule has 0 aromatic heterocycles. The predicted molar refractivity (Wildman–Crippen MR) is 76.0 cm³/mol. The Morgan fingerprint density at radius 3 is 2.39 bits per heavy atom. The quantitative estimate of drug-likeness (QED) is 0.807. The summed E-state index contributed by atoms with van der Waals surface area (Å²) in [5.74, 6) is 0.994. The molecule has 1 aromatic carbocycles. The van der Waals surface area contributed by atoms with Crippen molar-refractivity contribution < 1.29 is 4.74 Å². The van der Waals surface area contributed by atoms with Crippen LogP contribution in [0.15, 0.2) is 30.3 Å². The number of nitrogens with zero attached hydrogens (tertiary/aromatic N) is 1. The molecule has 2 unspecified atom stereocenters. The topological polar surface area (TPSA) is 12.5 Å². The minimum Gasteiger partial charge on any atom is -0.489 e. The Hall–Kier alpha value is -1.02. The third-order valence-corrected chi connectivity index (χ3v) is 3.75. The number of hydrogen-bond acceptors (Lipinski definition) is 2. The van der Waals surface area contributed by atoms with Crippen molar-refractivity contribution in [1.82, 2.24) is 4.90 Å². The zero-order chi connectivity index (χ0) is 13.2. The van der Waals surface area contributed by atoms with Gasteiger partial charge in [-0.25, -0.2) is 0 Å². The fourth-order valence-electron chi connectivity index (χ4n) is 2.86. The van der Waals surface area contributed by atoms with Crippen LogP contribution >= 0.6 is 0 Å². The van der Waals surface area contributed by atoms with Gasteiger partial charge in [0.15, 0.2) is 0 Å². The molecule has 1 heterocycles. The number of hydrogen-bond donors (Lipinski definition) is 0. The summed E-state index contributed by atoms with van der Waals surface area (Å²) < 4.78 is 6.09. The van der Waals surface area contributed by atoms with Crippen molar-refractivity contribution in [1.29, 1.82) is 0 Å². The van der Waals surface area contributed by atoms with Crippen molar-refractivity contribution in [3.8, 4) is 5.75 Å². The lowest BCUT2D eigenvalue weighted by atomic mass is 10.0. The minimum atomic E-state index is 0.232. The first kappa shape index (κ1) is 13.4. The first-order chi connectivity index (χ1) is 8.50. The standard InChI is InChI=1S/C16H25NO/c1-5-13-11-15(12-17(13)16(2,3)4)18-14-9-7-6-8-10-14/h6-10,13,15H,5,11-12H2,1-4H3. The van der Waals surface area contributed by atoms with Crippen LogP contribution < -0.4 is 4.74 Å². The molecule has 1 fully saturated rings. The predicted octanol–water partition coefficient (Wildman–Crippen LogP) is 3.72. The molecule has 2 heteroatoms. The second-order valence-corrected chi connectivity index (χ2v) is 6.17. The minimum absolute atomic E-state index is 0.232. The van der Waals surface area contributed by atoms with Gasteiger partial charge in [0.05, 0.1) is 0 Å². The summed E-state index contributed by atoms with van der Waals surface area (Å²) in [6, 6.07) is 10.8. The second kappa shape index (κ2) is 5.31. The monoisotopic (exact) mass is 247 g/mol. The van der Waals surface area contributed by atoms with E-state index in [2.05, 4.69) is 32.6 Å². The van der Waals surface area contributed by atoms with E-state index in [1.807, 2.05) is 30.3 Å². The van der Waals surface area contributed by atoms with Gasteiger partial charge in [-0.2, -0.15) is 0 Å². The van der Waals surface area contributed by atoms with Gasteiger partial charge in [-0.15, -0.1) is 0 Å². The summed E-state index contributed by atoms with van der Waals surface area (Å²) in [6.45, 7) is 10.2. The number of rotatable bonds is 3. The van der Waals surface area contributed by atoms with Crippen LogP contribution in [0.5, 0.6) is 5.75 Å². The lowest BCUT2D eigenvalue weighted by Gasteiger charge is -2.36. The fourth-order valence-corrected chi connectivity index (χ4v) is 2.86. The van der Waals surface area contributed by atoms with Crippen molar-refractivity contribution in [2.45, 2.75) is 58.2 Å². The van der Waals surface area contributed by atoms with E-state index in [0.717, 1.165) is 18.7 Å². The number of likely N-dealkylation sites (tertiary alicyclic amines) is 1. The van der Waals surface area contributed by atoms with Crippen LogP contribution in [0.25, 0.3) is 0 Å². The number of para-hydroxylation sites is 1. The highest BCUT2D eigenvalue weighted by Crippen LogP contribution is 2.30. The van der Waals surface area contributed by atoms with Crippen LogP contribution in [0.4, 0.5) is 0 Å². The molecule has 100 valence electrons. The zero-order valence-electron chi connectivity index (χ0n) is 12.0. The maximum Gasteiger partial charge on any atom is 0.119 e. The first-order valence-corrected chi connectivity index (χ1v) is 6.99. The molecule has 2 rings (SSSR count). The molecule has 0 N–H and O–H groups in total. The molecule has 0 amide bonds. The molecule has 18 heavy (non-hydrogen) atoms. The molecular formula is C16H25NO. The van der Waals surface area contributed by atoms with Gasteiger partial charge in [-0.3, -0.25) is 4.90 Å². The Balaban J connectivity index is 2.01. The normalized spacial score (nSPS) is 25.3. The van der Waals surface area contributed by atoms with Gasteiger partial charge >= 0.3 is 0 Å². The van der Waals surface area contributed by atoms with Crippen molar-refractivity contribution in [2.75, 3.05) is 6.54 Å². The van der Waals surface area contributed by atoms with Crippen LogP contribution in [0.3, 0.4) is 0 Å². The maximum atomic E-state index is 6.09. The van der Waals surface area contributed by atoms with Gasteiger partial charge in [0.25, 0.3) is 0 Å². The SMILES string of the molecule is CCC1CC(Oc2ccccc2)CN1C(C)(C)C. The average molecular weight is 247 g/mol. The summed E-state index contributed by atoms with van der Waals surface area (Å²) in [7, 11) is 0. The maximum absolute atomic E-state index is 6.09. The molecule has 2 atom stereocenters. The molecule has 1 saturated heterocycles. The van der Waals surface area contributed by atoms with E-state index < -0.39 is 0 Å². The molecule has 0 aliphatic carbocycles. The van der Waals surface area contributed by atoms with Crippen molar-refractivity contribution in [3.63, 3.8) is 0 Å². The second-order valence-electron chi connectivity index (χ2n) is 6.17. The van der Waals surface area contributed by atoms with Gasteiger partial charge in [-0.05, 0) is 39.3 Å². The molecule has 1 aliphatic rings. The molecule has 0 spiro atoms. The first-order valence-electron chi connectivity index (χ1n) is 6.99. The summed E-state index contributed by atoms with van der Waals surface area (Å²) >= 11 is 0. The van der Waals surface area contributed by atoms with E-state index in [1.54, 1.807) is 0 Å². The highest BCUT2D eigenvalue weighted by atomic mass is 16.5. The lowest BCUT2D eigenvalue weighted by Crippen LogP contribution is -2.44. The smallest absolute Gasteiger partial charge is 0.119 e. The van der Waals surface area contributed by atoms with Crippen LogP contribution in [0.2, 0.25) is 0 Å². The largest absolute Gasteiger partial charge is 0.489 e. The highest BCUT2D eigenvalue weighted by Gasteiger charge is 2.38. The molecule has 0 radical (unpaired) electrons. The Bertz CT molecular complexity index is 368. The van der Waals surface area contributed by atoms with E-state index >= 15 is 0 Å².